The van der Waals surface area contributed by atoms with Gasteiger partial charge < -0.3 is 15.5 Å². The largest absolute Gasteiger partial charge is 0.478 e. The van der Waals surface area contributed by atoms with Crippen molar-refractivity contribution in [3.8, 4) is 0 Å². The molecule has 3 N–H and O–H groups in total. The van der Waals surface area contributed by atoms with Crippen molar-refractivity contribution in [3.63, 3.8) is 0 Å². The SMILES string of the molecule is O=C(O)C1=CC=CNC1N1CCC(O)CC1. The van der Waals surface area contributed by atoms with Crippen molar-refractivity contribution in [2.24, 2.45) is 0 Å². The standard InChI is InChI=1S/C11H16N2O3/c14-8-3-6-13(7-4-8)10-9(11(15)16)2-1-5-12-10/h1-2,5,8,10,12,14H,3-4,6-7H2,(H,15,16). The topological polar surface area (TPSA) is 72.8 Å². The van der Waals surface area contributed by atoms with Crippen LogP contribution in [0.1, 0.15) is 12.8 Å². The molecule has 0 saturated carbocycles. The van der Waals surface area contributed by atoms with Crippen LogP contribution in [-0.2, 0) is 4.79 Å². The highest BCUT2D eigenvalue weighted by atomic mass is 16.4. The third-order valence-electron chi connectivity index (χ3n) is 3.03. The highest BCUT2D eigenvalue weighted by Gasteiger charge is 2.29. The first-order chi connectivity index (χ1) is 7.68. The second-order valence-corrected chi connectivity index (χ2v) is 4.12. The summed E-state index contributed by atoms with van der Waals surface area (Å²) in [6, 6.07) is 0. The molecule has 0 aromatic heterocycles. The quantitative estimate of drug-likeness (QED) is 0.610. The second-order valence-electron chi connectivity index (χ2n) is 4.12. The van der Waals surface area contributed by atoms with Gasteiger partial charge in [0.25, 0.3) is 0 Å². The Balaban J connectivity index is 2.06. The molecule has 0 radical (unpaired) electrons. The number of piperidine rings is 1. The number of dihydropyridines is 1. The molecule has 1 unspecified atom stereocenters. The number of hydrogen-bond acceptors (Lipinski definition) is 4. The molecule has 0 amide bonds. The molecular formula is C11H16N2O3. The van der Waals surface area contributed by atoms with Crippen molar-refractivity contribution in [1.82, 2.24) is 10.2 Å². The van der Waals surface area contributed by atoms with Crippen LogP contribution >= 0.6 is 0 Å². The van der Waals surface area contributed by atoms with Crippen molar-refractivity contribution >= 4 is 5.97 Å². The fourth-order valence-electron chi connectivity index (χ4n) is 2.11. The summed E-state index contributed by atoms with van der Waals surface area (Å²) >= 11 is 0. The fraction of sp³-hybridized carbons (Fsp3) is 0.545. The summed E-state index contributed by atoms with van der Waals surface area (Å²) < 4.78 is 0. The summed E-state index contributed by atoms with van der Waals surface area (Å²) in [4.78, 5) is 13.1. The molecule has 1 fully saturated rings. The number of aliphatic carboxylic acids is 1. The van der Waals surface area contributed by atoms with E-state index in [9.17, 15) is 9.90 Å². The number of likely N-dealkylation sites (tertiary alicyclic amines) is 1. The van der Waals surface area contributed by atoms with Crippen molar-refractivity contribution in [1.29, 1.82) is 0 Å². The number of carboxylic acids is 1. The van der Waals surface area contributed by atoms with Crippen LogP contribution < -0.4 is 5.32 Å². The van der Waals surface area contributed by atoms with Crippen LogP contribution in [0.5, 0.6) is 0 Å². The first-order valence-electron chi connectivity index (χ1n) is 5.46. The maximum absolute atomic E-state index is 11.1. The molecule has 0 aliphatic carbocycles. The highest BCUT2D eigenvalue weighted by molar-refractivity contribution is 5.88. The Morgan fingerprint density at radius 1 is 1.44 bits per heavy atom. The summed E-state index contributed by atoms with van der Waals surface area (Å²) in [7, 11) is 0. The highest BCUT2D eigenvalue weighted by Crippen LogP contribution is 2.18. The predicted molar refractivity (Wildman–Crippen MR) is 58.6 cm³/mol. The van der Waals surface area contributed by atoms with Crippen LogP contribution in [0.15, 0.2) is 23.9 Å². The molecule has 0 aromatic rings. The Hall–Kier alpha value is -1.33. The van der Waals surface area contributed by atoms with Gasteiger partial charge in [-0.2, -0.15) is 0 Å². The van der Waals surface area contributed by atoms with Crippen LogP contribution in [0.25, 0.3) is 0 Å². The van der Waals surface area contributed by atoms with Gasteiger partial charge in [-0.15, -0.1) is 0 Å². The minimum absolute atomic E-state index is 0.243. The van der Waals surface area contributed by atoms with Crippen LogP contribution in [-0.4, -0.2) is 46.4 Å². The lowest BCUT2D eigenvalue weighted by Crippen LogP contribution is -2.51. The average Bonchev–Trinajstić information content (AvgIpc) is 2.30. The minimum atomic E-state index is -0.895. The number of allylic oxidation sites excluding steroid dienone is 2. The van der Waals surface area contributed by atoms with E-state index in [1.54, 1.807) is 18.4 Å². The molecule has 2 rings (SSSR count). The Morgan fingerprint density at radius 2 is 2.12 bits per heavy atom. The van der Waals surface area contributed by atoms with E-state index in [1.165, 1.54) is 0 Å². The second kappa shape index (κ2) is 4.67. The van der Waals surface area contributed by atoms with E-state index in [4.69, 9.17) is 5.11 Å². The third-order valence-corrected chi connectivity index (χ3v) is 3.03. The van der Waals surface area contributed by atoms with Crippen molar-refractivity contribution < 1.29 is 15.0 Å². The first kappa shape index (κ1) is 11.2. The smallest absolute Gasteiger partial charge is 0.335 e. The van der Waals surface area contributed by atoms with E-state index in [0.717, 1.165) is 13.1 Å². The third kappa shape index (κ3) is 2.25. The van der Waals surface area contributed by atoms with E-state index in [1.807, 2.05) is 0 Å². The number of hydrogen-bond donors (Lipinski definition) is 3. The van der Waals surface area contributed by atoms with E-state index < -0.39 is 5.97 Å². The van der Waals surface area contributed by atoms with E-state index in [2.05, 4.69) is 10.2 Å². The van der Waals surface area contributed by atoms with E-state index in [-0.39, 0.29) is 12.3 Å². The van der Waals surface area contributed by atoms with Crippen molar-refractivity contribution in [3.05, 3.63) is 23.9 Å². The molecule has 0 spiro atoms. The zero-order valence-corrected chi connectivity index (χ0v) is 8.97. The molecule has 2 heterocycles. The normalized spacial score (nSPS) is 27.3. The summed E-state index contributed by atoms with van der Waals surface area (Å²) in [5.74, 6) is -0.895. The number of nitrogens with one attached hydrogen (secondary N) is 1. The Morgan fingerprint density at radius 3 is 2.75 bits per heavy atom. The fourth-order valence-corrected chi connectivity index (χ4v) is 2.11. The van der Waals surface area contributed by atoms with Gasteiger partial charge in [-0.1, -0.05) is 0 Å². The number of nitrogens with zero attached hydrogens (tertiary/aromatic N) is 1. The van der Waals surface area contributed by atoms with E-state index >= 15 is 0 Å². The van der Waals surface area contributed by atoms with Gasteiger partial charge in [0, 0.05) is 13.1 Å². The van der Waals surface area contributed by atoms with Crippen LogP contribution in [0, 0.1) is 0 Å². The average molecular weight is 224 g/mol. The summed E-state index contributed by atoms with van der Waals surface area (Å²) in [5, 5.41) is 21.5. The lowest BCUT2D eigenvalue weighted by molar-refractivity contribution is -0.133. The lowest BCUT2D eigenvalue weighted by atomic mass is 10.0. The van der Waals surface area contributed by atoms with E-state index in [0.29, 0.717) is 18.4 Å². The molecular weight excluding hydrogens is 208 g/mol. The summed E-state index contributed by atoms with van der Waals surface area (Å²) in [5.41, 5.74) is 0.360. The zero-order chi connectivity index (χ0) is 11.5. The minimum Gasteiger partial charge on any atom is -0.478 e. The molecule has 2 aliphatic heterocycles. The summed E-state index contributed by atoms with van der Waals surface area (Å²) in [6.07, 6.45) is 5.96. The molecule has 16 heavy (non-hydrogen) atoms. The molecule has 5 heteroatoms. The number of carbonyl (C=O) groups is 1. The predicted octanol–water partition coefficient (Wildman–Crippen LogP) is -0.103. The van der Waals surface area contributed by atoms with Gasteiger partial charge in [-0.05, 0) is 31.2 Å². The maximum Gasteiger partial charge on any atom is 0.335 e. The van der Waals surface area contributed by atoms with Gasteiger partial charge in [0.2, 0.25) is 0 Å². The molecule has 5 nitrogen and oxygen atoms in total. The number of carboxylic acid groups (broad SMARTS) is 1. The number of aliphatic hydroxyl groups excluding tert-OH is 1. The Kier molecular flexibility index (Phi) is 3.26. The molecule has 0 aromatic carbocycles. The van der Waals surface area contributed by atoms with Crippen molar-refractivity contribution in [2.75, 3.05) is 13.1 Å². The van der Waals surface area contributed by atoms with Crippen LogP contribution in [0.2, 0.25) is 0 Å². The molecule has 1 saturated heterocycles. The van der Waals surface area contributed by atoms with Crippen LogP contribution in [0.4, 0.5) is 0 Å². The number of rotatable bonds is 2. The lowest BCUT2D eigenvalue weighted by Gasteiger charge is -2.37. The van der Waals surface area contributed by atoms with Gasteiger partial charge >= 0.3 is 5.97 Å². The maximum atomic E-state index is 11.1. The molecule has 2 aliphatic rings. The van der Waals surface area contributed by atoms with Gasteiger partial charge in [0.15, 0.2) is 0 Å². The van der Waals surface area contributed by atoms with Crippen molar-refractivity contribution in [2.45, 2.75) is 25.1 Å². The van der Waals surface area contributed by atoms with Gasteiger partial charge in [-0.25, -0.2) is 4.79 Å². The molecule has 88 valence electrons. The Labute approximate surface area is 94.1 Å². The van der Waals surface area contributed by atoms with Gasteiger partial charge in [-0.3, -0.25) is 4.90 Å². The number of aliphatic hydroxyl groups is 1. The zero-order valence-electron chi connectivity index (χ0n) is 8.97. The Bertz CT molecular complexity index is 330. The van der Waals surface area contributed by atoms with Crippen LogP contribution in [0.3, 0.4) is 0 Å². The monoisotopic (exact) mass is 224 g/mol. The molecule has 0 bridgehead atoms. The van der Waals surface area contributed by atoms with Gasteiger partial charge in [0.1, 0.15) is 6.17 Å². The first-order valence-corrected chi connectivity index (χ1v) is 5.46. The van der Waals surface area contributed by atoms with Gasteiger partial charge in [0.05, 0.1) is 11.7 Å². The molecule has 1 atom stereocenters. The summed E-state index contributed by atoms with van der Waals surface area (Å²) in [6.45, 7) is 1.44.